The number of hydrogen-bond donors (Lipinski definition) is 0. The Bertz CT molecular complexity index is 3090. The van der Waals surface area contributed by atoms with Crippen LogP contribution >= 0.6 is 0 Å². The molecule has 1 heterocycles. The highest BCUT2D eigenvalue weighted by atomic mass is 15.1. The molecule has 0 radical (unpaired) electrons. The molecule has 9 aromatic carbocycles. The number of hydrogen-bond acceptors (Lipinski definition) is 1. The lowest BCUT2D eigenvalue weighted by Crippen LogP contribution is -2.10. The number of rotatable bonds is 8. The predicted molar refractivity (Wildman–Crippen MR) is 255 cm³/mol. The molecule has 11 rings (SSSR count). The van der Waals surface area contributed by atoms with Gasteiger partial charge in [0.2, 0.25) is 0 Å². The molecule has 1 fully saturated rings. The quantitative estimate of drug-likeness (QED) is 0.149. The van der Waals surface area contributed by atoms with E-state index >= 15 is 0 Å². The summed E-state index contributed by atoms with van der Waals surface area (Å²) in [5.74, 6) is 0.705. The first-order chi connectivity index (χ1) is 29.8. The summed E-state index contributed by atoms with van der Waals surface area (Å²) in [5.41, 5.74) is 15.7. The molecule has 0 atom stereocenters. The summed E-state index contributed by atoms with van der Waals surface area (Å²) in [5, 5.41) is 4.99. The van der Waals surface area contributed by atoms with Gasteiger partial charge >= 0.3 is 0 Å². The zero-order valence-corrected chi connectivity index (χ0v) is 33.7. The molecule has 0 aliphatic heterocycles. The highest BCUT2D eigenvalue weighted by Gasteiger charge is 2.20. The second-order valence-electron chi connectivity index (χ2n) is 16.4. The number of anilines is 3. The molecular formula is C58H46N2. The molecule has 0 spiro atoms. The van der Waals surface area contributed by atoms with E-state index in [0.29, 0.717) is 5.92 Å². The lowest BCUT2D eigenvalue weighted by Gasteiger charge is -2.27. The number of nitrogens with zero attached hydrogens (tertiary/aromatic N) is 2. The van der Waals surface area contributed by atoms with Crippen LogP contribution in [0, 0.1) is 0 Å². The smallest absolute Gasteiger partial charge is 0.0561 e. The molecule has 1 aliphatic rings. The maximum atomic E-state index is 2.43. The monoisotopic (exact) mass is 770 g/mol. The molecule has 10 aromatic rings. The van der Waals surface area contributed by atoms with E-state index in [2.05, 4.69) is 222 Å². The number of benzene rings is 9. The number of para-hydroxylation sites is 2. The minimum absolute atomic E-state index is 0.705. The maximum Gasteiger partial charge on any atom is 0.0561 e. The Morgan fingerprint density at radius 3 is 1.72 bits per heavy atom. The summed E-state index contributed by atoms with van der Waals surface area (Å²) < 4.78 is 2.41. The molecule has 0 saturated heterocycles. The van der Waals surface area contributed by atoms with Crippen molar-refractivity contribution in [2.75, 3.05) is 4.90 Å². The predicted octanol–water partition coefficient (Wildman–Crippen LogP) is 16.5. The van der Waals surface area contributed by atoms with Gasteiger partial charge in [-0.3, -0.25) is 0 Å². The summed E-state index contributed by atoms with van der Waals surface area (Å²) in [7, 11) is 0. The Morgan fingerprint density at radius 1 is 0.383 bits per heavy atom. The topological polar surface area (TPSA) is 8.17 Å². The van der Waals surface area contributed by atoms with E-state index in [1.165, 1.54) is 104 Å². The molecule has 0 bridgehead atoms. The Kier molecular flexibility index (Phi) is 9.32. The summed E-state index contributed by atoms with van der Waals surface area (Å²) in [6.07, 6.45) is 6.72. The van der Waals surface area contributed by atoms with Gasteiger partial charge in [-0.2, -0.15) is 0 Å². The molecule has 1 saturated carbocycles. The van der Waals surface area contributed by atoms with Gasteiger partial charge in [0.1, 0.15) is 0 Å². The van der Waals surface area contributed by atoms with E-state index in [1.54, 1.807) is 0 Å². The second-order valence-corrected chi connectivity index (χ2v) is 16.4. The molecule has 1 aromatic heterocycles. The van der Waals surface area contributed by atoms with Crippen molar-refractivity contribution >= 4 is 49.6 Å². The molecule has 2 heteroatoms. The van der Waals surface area contributed by atoms with Gasteiger partial charge in [-0.05, 0) is 123 Å². The average Bonchev–Trinajstić information content (AvgIpc) is 3.66. The van der Waals surface area contributed by atoms with Crippen LogP contribution in [0.5, 0.6) is 0 Å². The van der Waals surface area contributed by atoms with Crippen LogP contribution in [0.2, 0.25) is 0 Å². The minimum Gasteiger partial charge on any atom is -0.310 e. The van der Waals surface area contributed by atoms with Crippen molar-refractivity contribution < 1.29 is 0 Å². The first-order valence-corrected chi connectivity index (χ1v) is 21.5. The van der Waals surface area contributed by atoms with Crippen LogP contribution in [-0.4, -0.2) is 4.57 Å². The third-order valence-corrected chi connectivity index (χ3v) is 12.8. The van der Waals surface area contributed by atoms with E-state index < -0.39 is 0 Å². The highest BCUT2D eigenvalue weighted by molar-refractivity contribution is 6.11. The molecule has 1 aliphatic carbocycles. The van der Waals surface area contributed by atoms with E-state index in [9.17, 15) is 0 Å². The Labute approximate surface area is 352 Å². The van der Waals surface area contributed by atoms with E-state index in [4.69, 9.17) is 0 Å². The van der Waals surface area contributed by atoms with Crippen molar-refractivity contribution in [3.05, 3.63) is 218 Å². The van der Waals surface area contributed by atoms with Crippen molar-refractivity contribution in [3.8, 4) is 39.1 Å². The van der Waals surface area contributed by atoms with Crippen molar-refractivity contribution in [1.29, 1.82) is 0 Å². The third-order valence-electron chi connectivity index (χ3n) is 12.8. The maximum absolute atomic E-state index is 2.43. The van der Waals surface area contributed by atoms with Crippen LogP contribution in [0.1, 0.15) is 43.6 Å². The van der Waals surface area contributed by atoms with E-state index in [0.717, 1.165) is 22.7 Å². The average molecular weight is 771 g/mol. The first-order valence-electron chi connectivity index (χ1n) is 21.5. The van der Waals surface area contributed by atoms with Crippen LogP contribution in [-0.2, 0) is 0 Å². The summed E-state index contributed by atoms with van der Waals surface area (Å²) in [6, 6.07) is 78.2. The van der Waals surface area contributed by atoms with Gasteiger partial charge in [-0.1, -0.05) is 177 Å². The largest absolute Gasteiger partial charge is 0.310 e. The molecule has 60 heavy (non-hydrogen) atoms. The highest BCUT2D eigenvalue weighted by Crippen LogP contribution is 2.43. The van der Waals surface area contributed by atoms with Crippen LogP contribution in [0.4, 0.5) is 17.1 Å². The van der Waals surface area contributed by atoms with Crippen molar-refractivity contribution in [2.24, 2.45) is 0 Å². The fourth-order valence-corrected chi connectivity index (χ4v) is 9.84. The number of aromatic nitrogens is 1. The van der Waals surface area contributed by atoms with Gasteiger partial charge in [-0.15, -0.1) is 0 Å². The minimum atomic E-state index is 0.705. The molecule has 0 unspecified atom stereocenters. The van der Waals surface area contributed by atoms with Gasteiger partial charge in [0.15, 0.2) is 0 Å². The summed E-state index contributed by atoms with van der Waals surface area (Å²) in [6.45, 7) is 0. The van der Waals surface area contributed by atoms with Crippen LogP contribution in [0.25, 0.3) is 71.6 Å². The Morgan fingerprint density at radius 2 is 0.967 bits per heavy atom. The van der Waals surface area contributed by atoms with Gasteiger partial charge in [0.05, 0.1) is 11.0 Å². The van der Waals surface area contributed by atoms with Gasteiger partial charge in [0, 0.05) is 33.5 Å². The first kappa shape index (κ1) is 36.0. The fraction of sp³-hybridized carbons (Fsp3) is 0.103. The SMILES string of the molecule is c1ccc(-c2cccc3cccc(-c4cccc(N(c5ccc(-c6ccc(C7CCCCC7)cc6)cc5)c5ccc6c7ccccc7n(-c7ccccc7)c6c5)c4)c23)cc1. The van der Waals surface area contributed by atoms with Gasteiger partial charge in [0.25, 0.3) is 0 Å². The zero-order chi connectivity index (χ0) is 39.8. The van der Waals surface area contributed by atoms with E-state index in [1.807, 2.05) is 0 Å². The second kappa shape index (κ2) is 15.5. The normalized spacial score (nSPS) is 13.3. The molecule has 2 nitrogen and oxygen atoms in total. The van der Waals surface area contributed by atoms with Crippen molar-refractivity contribution in [3.63, 3.8) is 0 Å². The molecule has 0 N–H and O–H groups in total. The van der Waals surface area contributed by atoms with Crippen molar-refractivity contribution in [2.45, 2.75) is 38.0 Å². The lowest BCUT2D eigenvalue weighted by atomic mass is 9.84. The summed E-state index contributed by atoms with van der Waals surface area (Å²) in [4.78, 5) is 2.43. The van der Waals surface area contributed by atoms with Crippen LogP contribution in [0.15, 0.2) is 212 Å². The van der Waals surface area contributed by atoms with Gasteiger partial charge in [-0.25, -0.2) is 0 Å². The molecule has 0 amide bonds. The van der Waals surface area contributed by atoms with Gasteiger partial charge < -0.3 is 9.47 Å². The van der Waals surface area contributed by atoms with Crippen LogP contribution < -0.4 is 4.90 Å². The molecular weight excluding hydrogens is 725 g/mol. The summed E-state index contributed by atoms with van der Waals surface area (Å²) >= 11 is 0. The van der Waals surface area contributed by atoms with Crippen LogP contribution in [0.3, 0.4) is 0 Å². The molecule has 288 valence electrons. The Hall–Kier alpha value is -7.16. The van der Waals surface area contributed by atoms with E-state index in [-0.39, 0.29) is 0 Å². The Balaban J connectivity index is 1.06. The zero-order valence-electron chi connectivity index (χ0n) is 33.7. The third kappa shape index (κ3) is 6.55. The number of fused-ring (bicyclic) bond motifs is 4. The standard InChI is InChI=1S/C58H46N2/c1-4-15-41(16-5-1)42-29-31-43(32-30-42)44-33-35-49(36-34-44)59(51-37-38-55-54-25-10-11-28-56(54)60(57(55)40-51)48-22-8-3-9-23-48)50-24-12-21-47(39-50)53-27-14-20-46-19-13-26-52(58(46)53)45-17-6-2-7-18-45/h2-3,6-14,17-41H,1,4-5,15-16H2. The van der Waals surface area contributed by atoms with Crippen molar-refractivity contribution in [1.82, 2.24) is 4.57 Å². The fourth-order valence-electron chi connectivity index (χ4n) is 9.84. The lowest BCUT2D eigenvalue weighted by molar-refractivity contribution is 0.443.